The summed E-state index contributed by atoms with van der Waals surface area (Å²) in [4.78, 5) is 0. The van der Waals surface area contributed by atoms with Crippen LogP contribution in [0.15, 0.2) is 18.2 Å². The third kappa shape index (κ3) is 2.22. The lowest BCUT2D eigenvalue weighted by molar-refractivity contribution is 0.470. The minimum atomic E-state index is 0.318. The average Bonchev–Trinajstić information content (AvgIpc) is 2.62. The lowest BCUT2D eigenvalue weighted by Crippen LogP contribution is -2.06. The van der Waals surface area contributed by atoms with Crippen molar-refractivity contribution >= 4 is 5.95 Å². The molecule has 90 valence electrons. The Morgan fingerprint density at radius 1 is 1.29 bits per heavy atom. The number of hydrogen-bond acceptors (Lipinski definition) is 4. The predicted octanol–water partition coefficient (Wildman–Crippen LogP) is 1.75. The molecule has 0 fully saturated rings. The second-order valence-corrected chi connectivity index (χ2v) is 4.04. The van der Waals surface area contributed by atoms with Crippen LogP contribution in [-0.2, 0) is 13.6 Å². The molecule has 17 heavy (non-hydrogen) atoms. The maximum Gasteiger partial charge on any atom is 0.224 e. The topological polar surface area (TPSA) is 63.0 Å². The van der Waals surface area contributed by atoms with Crippen molar-refractivity contribution in [2.24, 2.45) is 7.05 Å². The van der Waals surface area contributed by atoms with Crippen LogP contribution in [0, 0.1) is 13.8 Å². The van der Waals surface area contributed by atoms with Crippen molar-refractivity contribution in [1.29, 1.82) is 0 Å². The molecule has 0 unspecified atom stereocenters. The summed E-state index contributed by atoms with van der Waals surface area (Å²) < 4.78 is 1.89. The molecule has 1 aromatic heterocycles. The van der Waals surface area contributed by atoms with Crippen LogP contribution in [0.25, 0.3) is 0 Å². The van der Waals surface area contributed by atoms with Crippen LogP contribution in [-0.4, -0.2) is 19.9 Å². The number of benzene rings is 1. The Balaban J connectivity index is 2.13. The summed E-state index contributed by atoms with van der Waals surface area (Å²) >= 11 is 0. The second kappa shape index (κ2) is 4.45. The number of phenols is 1. The molecule has 0 atom stereocenters. The monoisotopic (exact) mass is 232 g/mol. The summed E-state index contributed by atoms with van der Waals surface area (Å²) in [5.74, 6) is 1.91. The first-order valence-corrected chi connectivity index (χ1v) is 5.47. The first-order chi connectivity index (χ1) is 8.09. The Morgan fingerprint density at radius 3 is 2.71 bits per heavy atom. The Kier molecular flexibility index (Phi) is 2.99. The largest absolute Gasteiger partial charge is 0.508 e. The molecule has 0 amide bonds. The van der Waals surface area contributed by atoms with Gasteiger partial charge in [0.2, 0.25) is 5.95 Å². The van der Waals surface area contributed by atoms with E-state index in [2.05, 4.69) is 15.5 Å². The number of rotatable bonds is 3. The molecule has 0 aliphatic rings. The third-order valence-corrected chi connectivity index (χ3v) is 2.95. The van der Waals surface area contributed by atoms with Crippen molar-refractivity contribution in [3.63, 3.8) is 0 Å². The lowest BCUT2D eigenvalue weighted by atomic mass is 10.1. The summed E-state index contributed by atoms with van der Waals surface area (Å²) in [5, 5.41) is 20.8. The van der Waals surface area contributed by atoms with Gasteiger partial charge in [0.25, 0.3) is 0 Å². The van der Waals surface area contributed by atoms with E-state index in [0.717, 1.165) is 22.9 Å². The molecule has 2 N–H and O–H groups in total. The van der Waals surface area contributed by atoms with Gasteiger partial charge in [-0.3, -0.25) is 0 Å². The minimum Gasteiger partial charge on any atom is -0.508 e. The van der Waals surface area contributed by atoms with Gasteiger partial charge in [-0.25, -0.2) is 0 Å². The fourth-order valence-corrected chi connectivity index (χ4v) is 1.60. The van der Waals surface area contributed by atoms with Crippen molar-refractivity contribution in [2.45, 2.75) is 20.4 Å². The van der Waals surface area contributed by atoms with Crippen LogP contribution in [0.3, 0.4) is 0 Å². The normalized spacial score (nSPS) is 10.5. The number of anilines is 1. The van der Waals surface area contributed by atoms with Gasteiger partial charge in [0.15, 0.2) is 0 Å². The Bertz CT molecular complexity index is 533. The van der Waals surface area contributed by atoms with Gasteiger partial charge < -0.3 is 15.0 Å². The maximum absolute atomic E-state index is 9.60. The van der Waals surface area contributed by atoms with Crippen molar-refractivity contribution < 1.29 is 5.11 Å². The van der Waals surface area contributed by atoms with E-state index in [1.165, 1.54) is 0 Å². The molecule has 5 heteroatoms. The second-order valence-electron chi connectivity index (χ2n) is 4.04. The van der Waals surface area contributed by atoms with Gasteiger partial charge in [-0.2, -0.15) is 0 Å². The molecule has 2 rings (SSSR count). The smallest absolute Gasteiger partial charge is 0.224 e. The van der Waals surface area contributed by atoms with E-state index in [9.17, 15) is 5.11 Å². The summed E-state index contributed by atoms with van der Waals surface area (Å²) in [6.45, 7) is 4.41. The standard InChI is InChI=1S/C12H16N4O/c1-8-10(5-4-6-11(8)17)7-13-12-15-14-9(2)16(12)3/h4-6,17H,7H2,1-3H3,(H,13,15). The number of phenolic OH excluding ortho intramolecular Hbond substituents is 1. The van der Waals surface area contributed by atoms with Crippen LogP contribution in [0.4, 0.5) is 5.95 Å². The van der Waals surface area contributed by atoms with Gasteiger partial charge in [0, 0.05) is 13.6 Å². The number of aromatic nitrogens is 3. The highest BCUT2D eigenvalue weighted by atomic mass is 16.3. The van der Waals surface area contributed by atoms with Crippen LogP contribution in [0.2, 0.25) is 0 Å². The van der Waals surface area contributed by atoms with Gasteiger partial charge in [-0.1, -0.05) is 12.1 Å². The number of aryl methyl sites for hydroxylation is 1. The van der Waals surface area contributed by atoms with Gasteiger partial charge in [0.1, 0.15) is 11.6 Å². The van der Waals surface area contributed by atoms with Crippen LogP contribution in [0.5, 0.6) is 5.75 Å². The van der Waals surface area contributed by atoms with Crippen LogP contribution >= 0.6 is 0 Å². The highest BCUT2D eigenvalue weighted by Gasteiger charge is 2.06. The van der Waals surface area contributed by atoms with E-state index in [-0.39, 0.29) is 0 Å². The van der Waals surface area contributed by atoms with Gasteiger partial charge in [-0.15, -0.1) is 10.2 Å². The molecule has 0 aliphatic carbocycles. The van der Waals surface area contributed by atoms with Crippen molar-refractivity contribution in [3.05, 3.63) is 35.2 Å². The Labute approximate surface area is 100 Å². The zero-order valence-electron chi connectivity index (χ0n) is 10.2. The summed E-state index contributed by atoms with van der Waals surface area (Å²) in [6, 6.07) is 5.50. The van der Waals surface area contributed by atoms with E-state index in [1.807, 2.05) is 37.6 Å². The predicted molar refractivity (Wildman–Crippen MR) is 65.9 cm³/mol. The van der Waals surface area contributed by atoms with Gasteiger partial charge in [-0.05, 0) is 31.0 Å². The SMILES string of the molecule is Cc1c(O)cccc1CNc1nnc(C)n1C. The van der Waals surface area contributed by atoms with E-state index in [1.54, 1.807) is 6.07 Å². The molecule has 0 bridgehead atoms. The molecule has 0 radical (unpaired) electrons. The molecule has 5 nitrogen and oxygen atoms in total. The quantitative estimate of drug-likeness (QED) is 0.846. The van der Waals surface area contributed by atoms with E-state index in [4.69, 9.17) is 0 Å². The molecule has 1 heterocycles. The highest BCUT2D eigenvalue weighted by molar-refractivity contribution is 5.40. The minimum absolute atomic E-state index is 0.318. The molecule has 0 saturated carbocycles. The van der Waals surface area contributed by atoms with Gasteiger partial charge in [0.05, 0.1) is 0 Å². The van der Waals surface area contributed by atoms with E-state index in [0.29, 0.717) is 12.3 Å². The van der Waals surface area contributed by atoms with Crippen molar-refractivity contribution in [3.8, 4) is 5.75 Å². The number of nitrogens with one attached hydrogen (secondary N) is 1. The van der Waals surface area contributed by atoms with E-state index < -0.39 is 0 Å². The van der Waals surface area contributed by atoms with Crippen molar-refractivity contribution in [1.82, 2.24) is 14.8 Å². The first-order valence-electron chi connectivity index (χ1n) is 5.47. The van der Waals surface area contributed by atoms with Crippen LogP contribution < -0.4 is 5.32 Å². The average molecular weight is 232 g/mol. The summed E-state index contributed by atoms with van der Waals surface area (Å²) in [6.07, 6.45) is 0. The Hall–Kier alpha value is -2.04. The first kappa shape index (κ1) is 11.4. The van der Waals surface area contributed by atoms with Crippen molar-refractivity contribution in [2.75, 3.05) is 5.32 Å². The fraction of sp³-hybridized carbons (Fsp3) is 0.333. The lowest BCUT2D eigenvalue weighted by Gasteiger charge is -2.09. The third-order valence-electron chi connectivity index (χ3n) is 2.95. The fourth-order valence-electron chi connectivity index (χ4n) is 1.60. The molecule has 0 aliphatic heterocycles. The number of nitrogens with zero attached hydrogens (tertiary/aromatic N) is 3. The molecule has 0 spiro atoms. The van der Waals surface area contributed by atoms with E-state index >= 15 is 0 Å². The summed E-state index contributed by atoms with van der Waals surface area (Å²) in [5.41, 5.74) is 1.93. The molecule has 0 saturated heterocycles. The number of aromatic hydroxyl groups is 1. The molecular weight excluding hydrogens is 216 g/mol. The zero-order valence-corrected chi connectivity index (χ0v) is 10.2. The summed E-state index contributed by atoms with van der Waals surface area (Å²) in [7, 11) is 1.91. The molecule has 2 aromatic rings. The molecule has 1 aromatic carbocycles. The molecular formula is C12H16N4O. The highest BCUT2D eigenvalue weighted by Crippen LogP contribution is 2.20. The zero-order chi connectivity index (χ0) is 12.4. The maximum atomic E-state index is 9.60. The van der Waals surface area contributed by atoms with Crippen LogP contribution in [0.1, 0.15) is 17.0 Å². The Morgan fingerprint density at radius 2 is 2.06 bits per heavy atom. The number of hydrogen-bond donors (Lipinski definition) is 2. The van der Waals surface area contributed by atoms with Gasteiger partial charge >= 0.3 is 0 Å².